The summed E-state index contributed by atoms with van der Waals surface area (Å²) in [6.45, 7) is 9.79. The lowest BCUT2D eigenvalue weighted by molar-refractivity contribution is 0.120. The number of anilines is 1. The third-order valence-corrected chi connectivity index (χ3v) is 4.52. The molecule has 0 amide bonds. The lowest BCUT2D eigenvalue weighted by Gasteiger charge is -2.34. The van der Waals surface area contributed by atoms with Gasteiger partial charge in [-0.05, 0) is 37.8 Å². The van der Waals surface area contributed by atoms with Crippen LogP contribution in [0.4, 0.5) is 5.69 Å². The fourth-order valence-corrected chi connectivity index (χ4v) is 2.89. The second-order valence-electron chi connectivity index (χ2n) is 5.97. The fraction of sp³-hybridized carbons (Fsp3) is 0.667. The van der Waals surface area contributed by atoms with E-state index in [9.17, 15) is 0 Å². The Morgan fingerprint density at radius 3 is 2.53 bits per heavy atom. The minimum Gasteiger partial charge on any atom is -0.398 e. The first-order chi connectivity index (χ1) is 9.15. The van der Waals surface area contributed by atoms with Crippen LogP contribution >= 0.6 is 0 Å². The molecule has 3 rings (SSSR count). The van der Waals surface area contributed by atoms with E-state index in [-0.39, 0.29) is 0 Å². The lowest BCUT2D eigenvalue weighted by Crippen LogP contribution is -2.46. The van der Waals surface area contributed by atoms with Crippen molar-refractivity contribution in [3.05, 3.63) is 23.0 Å². The molecule has 4 nitrogen and oxygen atoms in total. The van der Waals surface area contributed by atoms with Gasteiger partial charge in [-0.3, -0.25) is 14.8 Å². The summed E-state index contributed by atoms with van der Waals surface area (Å²) < 4.78 is 0. The molecule has 2 heterocycles. The maximum atomic E-state index is 6.09. The number of aryl methyl sites for hydroxylation is 1. The molecule has 1 aliphatic carbocycles. The molecule has 2 N–H and O–H groups in total. The summed E-state index contributed by atoms with van der Waals surface area (Å²) in [5, 5.41) is 0. The van der Waals surface area contributed by atoms with E-state index in [4.69, 9.17) is 5.73 Å². The average Bonchev–Trinajstić information content (AvgIpc) is 3.25. The summed E-state index contributed by atoms with van der Waals surface area (Å²) in [5.74, 6) is 0. The molecule has 1 saturated heterocycles. The van der Waals surface area contributed by atoms with E-state index in [2.05, 4.69) is 21.7 Å². The van der Waals surface area contributed by atoms with Crippen molar-refractivity contribution in [1.82, 2.24) is 14.8 Å². The molecule has 1 aromatic heterocycles. The van der Waals surface area contributed by atoms with E-state index in [0.29, 0.717) is 0 Å². The first-order valence-electron chi connectivity index (χ1n) is 7.32. The Morgan fingerprint density at radius 2 is 1.89 bits per heavy atom. The van der Waals surface area contributed by atoms with Gasteiger partial charge in [-0.15, -0.1) is 0 Å². The van der Waals surface area contributed by atoms with Crippen LogP contribution in [0.3, 0.4) is 0 Å². The second-order valence-corrected chi connectivity index (χ2v) is 5.97. The molecule has 0 unspecified atom stereocenters. The van der Waals surface area contributed by atoms with Crippen LogP contribution < -0.4 is 5.73 Å². The second kappa shape index (κ2) is 5.10. The van der Waals surface area contributed by atoms with Crippen molar-refractivity contribution >= 4 is 5.69 Å². The first-order valence-corrected chi connectivity index (χ1v) is 7.32. The predicted octanol–water partition coefficient (Wildman–Crippen LogP) is 1.56. The summed E-state index contributed by atoms with van der Waals surface area (Å²) in [7, 11) is 0. The van der Waals surface area contributed by atoms with Crippen LogP contribution in [0.1, 0.15) is 29.7 Å². The van der Waals surface area contributed by atoms with Crippen molar-refractivity contribution in [2.45, 2.75) is 39.3 Å². The molecule has 2 fully saturated rings. The maximum absolute atomic E-state index is 6.09. The number of rotatable bonds is 3. The molecule has 0 spiro atoms. The quantitative estimate of drug-likeness (QED) is 0.896. The van der Waals surface area contributed by atoms with E-state index < -0.39 is 0 Å². The summed E-state index contributed by atoms with van der Waals surface area (Å²) in [6.07, 6.45) is 4.72. The highest BCUT2D eigenvalue weighted by atomic mass is 15.3. The van der Waals surface area contributed by atoms with Crippen molar-refractivity contribution in [3.8, 4) is 0 Å². The van der Waals surface area contributed by atoms with Gasteiger partial charge in [0.2, 0.25) is 0 Å². The van der Waals surface area contributed by atoms with E-state index in [0.717, 1.165) is 48.2 Å². The Morgan fingerprint density at radius 1 is 1.21 bits per heavy atom. The monoisotopic (exact) mass is 260 g/mol. The fourth-order valence-electron chi connectivity index (χ4n) is 2.89. The summed E-state index contributed by atoms with van der Waals surface area (Å²) in [5.41, 5.74) is 10.4. The van der Waals surface area contributed by atoms with Gasteiger partial charge in [0.05, 0.1) is 5.69 Å². The van der Waals surface area contributed by atoms with Crippen LogP contribution in [0, 0.1) is 13.8 Å². The normalized spacial score (nSPS) is 21.8. The topological polar surface area (TPSA) is 45.4 Å². The molecule has 19 heavy (non-hydrogen) atoms. The number of pyridine rings is 1. The number of aromatic nitrogens is 1. The molecule has 1 saturated carbocycles. The number of piperazine rings is 1. The molecule has 1 aromatic rings. The number of nitrogens with two attached hydrogens (primary N) is 1. The van der Waals surface area contributed by atoms with E-state index >= 15 is 0 Å². The van der Waals surface area contributed by atoms with Crippen molar-refractivity contribution < 1.29 is 0 Å². The predicted molar refractivity (Wildman–Crippen MR) is 78.0 cm³/mol. The van der Waals surface area contributed by atoms with E-state index in [1.165, 1.54) is 25.9 Å². The van der Waals surface area contributed by atoms with Gasteiger partial charge in [0.25, 0.3) is 0 Å². The molecular formula is C15H24N4. The zero-order valence-corrected chi connectivity index (χ0v) is 12.0. The summed E-state index contributed by atoms with van der Waals surface area (Å²) in [4.78, 5) is 9.71. The minimum absolute atomic E-state index is 0.900. The van der Waals surface area contributed by atoms with Gasteiger partial charge in [-0.2, -0.15) is 0 Å². The van der Waals surface area contributed by atoms with Crippen LogP contribution in [0.15, 0.2) is 6.20 Å². The van der Waals surface area contributed by atoms with Crippen LogP contribution in [0.5, 0.6) is 0 Å². The highest BCUT2D eigenvalue weighted by molar-refractivity contribution is 5.53. The SMILES string of the molecule is Cc1cnc(CN2CCN(C3CC3)CC2)c(C)c1N. The van der Waals surface area contributed by atoms with E-state index in [1.807, 2.05) is 13.1 Å². The van der Waals surface area contributed by atoms with Gasteiger partial charge >= 0.3 is 0 Å². The highest BCUT2D eigenvalue weighted by Crippen LogP contribution is 2.28. The molecule has 104 valence electrons. The van der Waals surface area contributed by atoms with Crippen molar-refractivity contribution in [3.63, 3.8) is 0 Å². The van der Waals surface area contributed by atoms with Crippen molar-refractivity contribution in [2.24, 2.45) is 0 Å². The van der Waals surface area contributed by atoms with Gasteiger partial charge in [0.15, 0.2) is 0 Å². The third-order valence-electron chi connectivity index (χ3n) is 4.52. The third kappa shape index (κ3) is 2.74. The molecule has 0 bridgehead atoms. The highest BCUT2D eigenvalue weighted by Gasteiger charge is 2.31. The molecule has 1 aliphatic heterocycles. The van der Waals surface area contributed by atoms with Crippen LogP contribution in [0.25, 0.3) is 0 Å². The van der Waals surface area contributed by atoms with Gasteiger partial charge in [-0.25, -0.2) is 0 Å². The Hall–Kier alpha value is -1.13. The minimum atomic E-state index is 0.900. The summed E-state index contributed by atoms with van der Waals surface area (Å²) >= 11 is 0. The molecule has 0 radical (unpaired) electrons. The molecule has 0 aromatic carbocycles. The largest absolute Gasteiger partial charge is 0.398 e. The molecular weight excluding hydrogens is 236 g/mol. The maximum Gasteiger partial charge on any atom is 0.0593 e. The number of nitrogens with zero attached hydrogens (tertiary/aromatic N) is 3. The summed E-state index contributed by atoms with van der Waals surface area (Å²) in [6, 6.07) is 0.900. The van der Waals surface area contributed by atoms with Gasteiger partial charge in [0.1, 0.15) is 0 Å². The molecule has 0 atom stereocenters. The van der Waals surface area contributed by atoms with Gasteiger partial charge < -0.3 is 5.73 Å². The van der Waals surface area contributed by atoms with Crippen LogP contribution in [0.2, 0.25) is 0 Å². The van der Waals surface area contributed by atoms with Gasteiger partial charge in [0, 0.05) is 50.6 Å². The number of hydrogen-bond donors (Lipinski definition) is 1. The van der Waals surface area contributed by atoms with E-state index in [1.54, 1.807) is 0 Å². The first kappa shape index (κ1) is 12.9. The van der Waals surface area contributed by atoms with Crippen molar-refractivity contribution in [1.29, 1.82) is 0 Å². The Bertz CT molecular complexity index is 459. The zero-order valence-electron chi connectivity index (χ0n) is 12.0. The zero-order chi connectivity index (χ0) is 13.4. The lowest BCUT2D eigenvalue weighted by atomic mass is 10.1. The Kier molecular flexibility index (Phi) is 3.46. The van der Waals surface area contributed by atoms with Crippen molar-refractivity contribution in [2.75, 3.05) is 31.9 Å². The average molecular weight is 260 g/mol. The van der Waals surface area contributed by atoms with Crippen LogP contribution in [-0.2, 0) is 6.54 Å². The molecule has 4 heteroatoms. The Balaban J connectivity index is 1.61. The molecule has 2 aliphatic rings. The number of nitrogen functional groups attached to an aromatic ring is 1. The number of hydrogen-bond acceptors (Lipinski definition) is 4. The Labute approximate surface area is 115 Å². The van der Waals surface area contributed by atoms with Crippen LogP contribution in [-0.4, -0.2) is 47.0 Å². The van der Waals surface area contributed by atoms with Gasteiger partial charge in [-0.1, -0.05) is 0 Å². The smallest absolute Gasteiger partial charge is 0.0593 e. The standard InChI is InChI=1S/C15H24N4/c1-11-9-17-14(12(2)15(11)16)10-18-5-7-19(8-6-18)13-3-4-13/h9,13H,3-8,10H2,1-2H3,(H2,16,17).